The number of aromatic nitrogens is 2. The molecule has 1 heterocycles. The van der Waals surface area contributed by atoms with Gasteiger partial charge in [0.05, 0.1) is 30.4 Å². The Balaban J connectivity index is 2.53. The van der Waals surface area contributed by atoms with Gasteiger partial charge in [-0.2, -0.15) is 0 Å². The van der Waals surface area contributed by atoms with Crippen molar-refractivity contribution in [2.75, 3.05) is 7.11 Å². The molecule has 0 spiro atoms. The number of imidazole rings is 1. The predicted molar refractivity (Wildman–Crippen MR) is 78.3 cm³/mol. The molecule has 0 radical (unpaired) electrons. The molecule has 1 aromatic carbocycles. The fraction of sp³-hybridized carbons (Fsp3) is 0.375. The van der Waals surface area contributed by atoms with Crippen LogP contribution in [-0.2, 0) is 10.2 Å². The Hall–Kier alpha value is -2.17. The van der Waals surface area contributed by atoms with E-state index in [4.69, 9.17) is 0 Å². The number of hydrogen-bond donors (Lipinski definition) is 0. The van der Waals surface area contributed by atoms with Gasteiger partial charge in [0.25, 0.3) is 0 Å². The molecule has 0 saturated carbocycles. The van der Waals surface area contributed by atoms with Gasteiger partial charge in [0.1, 0.15) is 5.82 Å². The molecule has 0 bridgehead atoms. The lowest BCUT2D eigenvalue weighted by Crippen LogP contribution is -2.11. The van der Waals surface area contributed by atoms with Crippen LogP contribution in [0.3, 0.4) is 0 Å². The SMILES string of the molecule is COC(=O)c1cc(-n2cnc(C(C)(C)C)c2)c(C)cc1F. The van der Waals surface area contributed by atoms with Gasteiger partial charge < -0.3 is 9.30 Å². The Morgan fingerprint density at radius 2 is 2.00 bits per heavy atom. The van der Waals surface area contributed by atoms with Crippen LogP contribution in [0.5, 0.6) is 0 Å². The fourth-order valence-corrected chi connectivity index (χ4v) is 2.05. The number of rotatable bonds is 2. The zero-order valence-electron chi connectivity index (χ0n) is 12.9. The van der Waals surface area contributed by atoms with E-state index in [1.54, 1.807) is 17.8 Å². The average molecular weight is 290 g/mol. The van der Waals surface area contributed by atoms with Gasteiger partial charge in [-0.25, -0.2) is 14.2 Å². The Bertz CT molecular complexity index is 684. The Morgan fingerprint density at radius 3 is 2.52 bits per heavy atom. The normalized spacial score (nSPS) is 11.5. The van der Waals surface area contributed by atoms with Crippen molar-refractivity contribution in [3.63, 3.8) is 0 Å². The number of nitrogens with zero attached hydrogens (tertiary/aromatic N) is 2. The molecule has 0 amide bonds. The van der Waals surface area contributed by atoms with E-state index in [-0.39, 0.29) is 11.0 Å². The Labute approximate surface area is 123 Å². The monoisotopic (exact) mass is 290 g/mol. The van der Waals surface area contributed by atoms with Crippen LogP contribution in [0.2, 0.25) is 0 Å². The van der Waals surface area contributed by atoms with Crippen LogP contribution in [0.1, 0.15) is 42.4 Å². The summed E-state index contributed by atoms with van der Waals surface area (Å²) in [6.07, 6.45) is 3.56. The van der Waals surface area contributed by atoms with Crippen molar-refractivity contribution in [3.05, 3.63) is 47.3 Å². The van der Waals surface area contributed by atoms with E-state index in [1.807, 2.05) is 6.20 Å². The lowest BCUT2D eigenvalue weighted by Gasteiger charge is -2.14. The zero-order valence-corrected chi connectivity index (χ0v) is 12.9. The zero-order chi connectivity index (χ0) is 15.8. The highest BCUT2D eigenvalue weighted by Gasteiger charge is 2.19. The minimum absolute atomic E-state index is 0.0790. The molecule has 112 valence electrons. The van der Waals surface area contributed by atoms with Crippen molar-refractivity contribution in [1.82, 2.24) is 9.55 Å². The molecule has 2 aromatic rings. The Morgan fingerprint density at radius 1 is 1.33 bits per heavy atom. The van der Waals surface area contributed by atoms with E-state index in [9.17, 15) is 9.18 Å². The van der Waals surface area contributed by atoms with Gasteiger partial charge >= 0.3 is 5.97 Å². The molecule has 0 atom stereocenters. The molecular formula is C16H19FN2O2. The molecule has 4 nitrogen and oxygen atoms in total. The maximum Gasteiger partial charge on any atom is 0.340 e. The van der Waals surface area contributed by atoms with Crippen LogP contribution >= 0.6 is 0 Å². The van der Waals surface area contributed by atoms with E-state index in [1.165, 1.54) is 19.2 Å². The highest BCUT2D eigenvalue weighted by atomic mass is 19.1. The number of carbonyl (C=O) groups excluding carboxylic acids is 1. The highest BCUT2D eigenvalue weighted by molar-refractivity contribution is 5.90. The van der Waals surface area contributed by atoms with Crippen molar-refractivity contribution in [2.24, 2.45) is 0 Å². The first-order valence-corrected chi connectivity index (χ1v) is 6.67. The van der Waals surface area contributed by atoms with Crippen LogP contribution in [-0.4, -0.2) is 22.6 Å². The summed E-state index contributed by atoms with van der Waals surface area (Å²) in [5.74, 6) is -1.27. The van der Waals surface area contributed by atoms with Crippen LogP contribution in [0, 0.1) is 12.7 Å². The van der Waals surface area contributed by atoms with Crippen LogP contribution < -0.4 is 0 Å². The third-order valence-corrected chi connectivity index (χ3v) is 3.32. The van der Waals surface area contributed by atoms with Gasteiger partial charge in [-0.3, -0.25) is 0 Å². The van der Waals surface area contributed by atoms with Gasteiger partial charge in [-0.15, -0.1) is 0 Å². The van der Waals surface area contributed by atoms with Gasteiger partial charge in [0.15, 0.2) is 0 Å². The number of esters is 1. The van der Waals surface area contributed by atoms with E-state index < -0.39 is 11.8 Å². The first kappa shape index (κ1) is 15.2. The number of carbonyl (C=O) groups is 1. The number of hydrogen-bond acceptors (Lipinski definition) is 3. The minimum atomic E-state index is -0.690. The van der Waals surface area contributed by atoms with Crippen molar-refractivity contribution in [2.45, 2.75) is 33.1 Å². The molecule has 21 heavy (non-hydrogen) atoms. The second-order valence-corrected chi connectivity index (χ2v) is 6.03. The standard InChI is InChI=1S/C16H19FN2O2/c1-10-6-12(17)11(15(20)21-5)7-13(10)19-8-14(18-9-19)16(2,3)4/h6-9H,1-5H3. The summed E-state index contributed by atoms with van der Waals surface area (Å²) in [7, 11) is 1.23. The van der Waals surface area contributed by atoms with Crippen molar-refractivity contribution < 1.29 is 13.9 Å². The Kier molecular flexibility index (Phi) is 3.85. The van der Waals surface area contributed by atoms with E-state index in [0.29, 0.717) is 5.69 Å². The number of methoxy groups -OCH3 is 1. The smallest absolute Gasteiger partial charge is 0.340 e. The van der Waals surface area contributed by atoms with Gasteiger partial charge in [-0.1, -0.05) is 20.8 Å². The summed E-state index contributed by atoms with van der Waals surface area (Å²) in [5, 5.41) is 0. The van der Waals surface area contributed by atoms with E-state index in [0.717, 1.165) is 11.3 Å². The van der Waals surface area contributed by atoms with E-state index >= 15 is 0 Å². The van der Waals surface area contributed by atoms with Gasteiger partial charge in [-0.05, 0) is 24.6 Å². The molecule has 0 aliphatic rings. The maximum absolute atomic E-state index is 13.9. The second kappa shape index (κ2) is 5.31. The molecule has 1 aromatic heterocycles. The van der Waals surface area contributed by atoms with E-state index in [2.05, 4.69) is 30.5 Å². The number of ether oxygens (including phenoxy) is 1. The summed E-state index contributed by atoms with van der Waals surface area (Å²) in [6.45, 7) is 7.99. The maximum atomic E-state index is 13.9. The first-order valence-electron chi connectivity index (χ1n) is 6.67. The van der Waals surface area contributed by atoms with Crippen molar-refractivity contribution in [1.29, 1.82) is 0 Å². The third-order valence-electron chi connectivity index (χ3n) is 3.32. The highest BCUT2D eigenvalue weighted by Crippen LogP contribution is 2.24. The summed E-state index contributed by atoms with van der Waals surface area (Å²) in [4.78, 5) is 16.0. The number of aryl methyl sites for hydroxylation is 1. The molecule has 0 aliphatic heterocycles. The molecule has 2 rings (SSSR count). The summed E-state index contributed by atoms with van der Waals surface area (Å²) < 4.78 is 20.2. The van der Waals surface area contributed by atoms with Crippen molar-refractivity contribution in [3.8, 4) is 5.69 Å². The summed E-state index contributed by atoms with van der Waals surface area (Å²) >= 11 is 0. The van der Waals surface area contributed by atoms with Crippen LogP contribution in [0.4, 0.5) is 4.39 Å². The fourth-order valence-electron chi connectivity index (χ4n) is 2.05. The molecule has 0 fully saturated rings. The molecular weight excluding hydrogens is 271 g/mol. The van der Waals surface area contributed by atoms with Crippen molar-refractivity contribution >= 4 is 5.97 Å². The average Bonchev–Trinajstić information content (AvgIpc) is 2.87. The summed E-state index contributed by atoms with van der Waals surface area (Å²) in [6, 6.07) is 2.82. The van der Waals surface area contributed by atoms with Crippen LogP contribution in [0.25, 0.3) is 5.69 Å². The topological polar surface area (TPSA) is 44.1 Å². The first-order chi connectivity index (χ1) is 9.74. The quantitative estimate of drug-likeness (QED) is 0.796. The second-order valence-electron chi connectivity index (χ2n) is 6.03. The predicted octanol–water partition coefficient (Wildman–Crippen LogP) is 3.40. The van der Waals surface area contributed by atoms with Crippen LogP contribution in [0.15, 0.2) is 24.7 Å². The largest absolute Gasteiger partial charge is 0.465 e. The molecule has 0 N–H and O–H groups in total. The number of halogens is 1. The molecule has 0 saturated heterocycles. The molecule has 5 heteroatoms. The minimum Gasteiger partial charge on any atom is -0.465 e. The lowest BCUT2D eigenvalue weighted by molar-refractivity contribution is 0.0595. The number of benzene rings is 1. The van der Waals surface area contributed by atoms with Gasteiger partial charge in [0, 0.05) is 11.6 Å². The lowest BCUT2D eigenvalue weighted by atomic mass is 9.93. The molecule has 0 aliphatic carbocycles. The van der Waals surface area contributed by atoms with Gasteiger partial charge in [0.2, 0.25) is 0 Å². The third kappa shape index (κ3) is 2.96. The summed E-state index contributed by atoms with van der Waals surface area (Å²) in [5.41, 5.74) is 2.19. The molecule has 0 unspecified atom stereocenters.